The van der Waals surface area contributed by atoms with Crippen molar-refractivity contribution in [1.82, 2.24) is 5.32 Å². The molecular weight excluding hydrogens is 302 g/mol. The van der Waals surface area contributed by atoms with E-state index < -0.39 is 0 Å². The van der Waals surface area contributed by atoms with Gasteiger partial charge in [-0.2, -0.15) is 0 Å². The van der Waals surface area contributed by atoms with Crippen molar-refractivity contribution < 1.29 is 14.2 Å². The normalized spacial score (nSPS) is 10.5. The van der Waals surface area contributed by atoms with Crippen molar-refractivity contribution >= 4 is 0 Å². The molecular formula is C20H27NO3. The van der Waals surface area contributed by atoms with E-state index in [0.29, 0.717) is 13.2 Å². The molecule has 0 heterocycles. The summed E-state index contributed by atoms with van der Waals surface area (Å²) in [7, 11) is 1.66. The van der Waals surface area contributed by atoms with Crippen LogP contribution in [0.4, 0.5) is 0 Å². The maximum absolute atomic E-state index is 5.96. The first-order valence-corrected chi connectivity index (χ1v) is 8.35. The van der Waals surface area contributed by atoms with Crippen LogP contribution in [0.3, 0.4) is 0 Å². The fraction of sp³-hybridized carbons (Fsp3) is 0.400. The number of hydrogen-bond acceptors (Lipinski definition) is 4. The van der Waals surface area contributed by atoms with Gasteiger partial charge in [0.05, 0.1) is 7.11 Å². The molecule has 4 nitrogen and oxygen atoms in total. The van der Waals surface area contributed by atoms with E-state index >= 15 is 0 Å². The smallest absolute Gasteiger partial charge is 0.165 e. The number of hydrogen-bond donors (Lipinski definition) is 1. The lowest BCUT2D eigenvalue weighted by atomic mass is 10.1. The molecule has 24 heavy (non-hydrogen) atoms. The van der Waals surface area contributed by atoms with Gasteiger partial charge < -0.3 is 19.5 Å². The van der Waals surface area contributed by atoms with Crippen molar-refractivity contribution in [2.45, 2.75) is 27.3 Å². The molecule has 0 radical (unpaired) electrons. The second kappa shape index (κ2) is 9.18. The maximum Gasteiger partial charge on any atom is 0.165 e. The highest BCUT2D eigenvalue weighted by Gasteiger charge is 2.10. The third-order valence-corrected chi connectivity index (χ3v) is 3.78. The molecule has 0 spiro atoms. The molecule has 0 saturated heterocycles. The molecule has 0 amide bonds. The summed E-state index contributed by atoms with van der Waals surface area (Å²) in [6.45, 7) is 8.80. The summed E-state index contributed by atoms with van der Waals surface area (Å²) in [4.78, 5) is 0. The molecule has 0 aliphatic heterocycles. The van der Waals surface area contributed by atoms with Gasteiger partial charge in [0.15, 0.2) is 11.5 Å². The zero-order chi connectivity index (χ0) is 17.4. The summed E-state index contributed by atoms with van der Waals surface area (Å²) in [6.07, 6.45) is 0. The van der Waals surface area contributed by atoms with E-state index in [1.165, 1.54) is 5.56 Å². The first kappa shape index (κ1) is 18.1. The van der Waals surface area contributed by atoms with E-state index in [9.17, 15) is 0 Å². The quantitative estimate of drug-likeness (QED) is 0.709. The monoisotopic (exact) mass is 329 g/mol. The minimum Gasteiger partial charge on any atom is -0.493 e. The van der Waals surface area contributed by atoms with Gasteiger partial charge in [-0.05, 0) is 43.7 Å². The molecule has 0 saturated carbocycles. The van der Waals surface area contributed by atoms with Gasteiger partial charge in [0.1, 0.15) is 19.0 Å². The fourth-order valence-electron chi connectivity index (χ4n) is 2.44. The van der Waals surface area contributed by atoms with Crippen molar-refractivity contribution in [3.63, 3.8) is 0 Å². The Bertz CT molecular complexity index is 655. The van der Waals surface area contributed by atoms with Crippen molar-refractivity contribution in [3.05, 3.63) is 53.1 Å². The van der Waals surface area contributed by atoms with E-state index in [0.717, 1.165) is 41.5 Å². The lowest BCUT2D eigenvalue weighted by Crippen LogP contribution is -2.15. The zero-order valence-corrected chi connectivity index (χ0v) is 15.0. The third-order valence-electron chi connectivity index (χ3n) is 3.78. The van der Waals surface area contributed by atoms with Gasteiger partial charge in [0.2, 0.25) is 0 Å². The van der Waals surface area contributed by atoms with E-state index in [-0.39, 0.29) is 0 Å². The van der Waals surface area contributed by atoms with Gasteiger partial charge in [0.25, 0.3) is 0 Å². The predicted octanol–water partition coefficient (Wildman–Crippen LogP) is 3.88. The highest BCUT2D eigenvalue weighted by molar-refractivity contribution is 5.46. The molecule has 0 aromatic heterocycles. The minimum absolute atomic E-state index is 0.465. The molecule has 0 fully saturated rings. The van der Waals surface area contributed by atoms with Gasteiger partial charge in [-0.1, -0.05) is 31.2 Å². The van der Waals surface area contributed by atoms with Crippen LogP contribution < -0.4 is 19.5 Å². The second-order valence-corrected chi connectivity index (χ2v) is 5.69. The van der Waals surface area contributed by atoms with E-state index in [1.54, 1.807) is 7.11 Å². The Labute approximate surface area is 144 Å². The van der Waals surface area contributed by atoms with Gasteiger partial charge in [0, 0.05) is 12.1 Å². The first-order chi connectivity index (χ1) is 11.7. The van der Waals surface area contributed by atoms with E-state index in [4.69, 9.17) is 14.2 Å². The van der Waals surface area contributed by atoms with Crippen LogP contribution in [0.5, 0.6) is 17.2 Å². The van der Waals surface area contributed by atoms with Crippen LogP contribution in [-0.4, -0.2) is 26.9 Å². The average molecular weight is 329 g/mol. The van der Waals surface area contributed by atoms with Crippen LogP contribution in [-0.2, 0) is 6.54 Å². The first-order valence-electron chi connectivity index (χ1n) is 8.35. The van der Waals surface area contributed by atoms with Gasteiger partial charge in [-0.15, -0.1) is 0 Å². The van der Waals surface area contributed by atoms with E-state index in [1.807, 2.05) is 25.1 Å². The standard InChI is InChI=1S/C20H27NO3/c1-5-21-14-17-7-6-8-18(22-4)20(17)24-12-11-23-19-13-15(2)9-10-16(19)3/h6-10,13,21H,5,11-12,14H2,1-4H3. The van der Waals surface area contributed by atoms with Crippen molar-refractivity contribution in [2.75, 3.05) is 26.9 Å². The molecule has 0 atom stereocenters. The highest BCUT2D eigenvalue weighted by Crippen LogP contribution is 2.31. The van der Waals surface area contributed by atoms with Crippen LogP contribution in [0.15, 0.2) is 36.4 Å². The summed E-state index contributed by atoms with van der Waals surface area (Å²) < 4.78 is 17.2. The topological polar surface area (TPSA) is 39.7 Å². The molecule has 2 rings (SSSR count). The molecule has 0 aliphatic rings. The summed E-state index contributed by atoms with van der Waals surface area (Å²) in [5, 5.41) is 3.32. The number of methoxy groups -OCH3 is 1. The Kier molecular flexibility index (Phi) is 6.94. The molecule has 0 unspecified atom stereocenters. The SMILES string of the molecule is CCNCc1cccc(OC)c1OCCOc1cc(C)ccc1C. The van der Waals surface area contributed by atoms with Gasteiger partial charge in [-0.25, -0.2) is 0 Å². The number of ether oxygens (including phenoxy) is 3. The third kappa shape index (κ3) is 4.90. The number of aryl methyl sites for hydroxylation is 2. The van der Waals surface area contributed by atoms with Crippen molar-refractivity contribution in [1.29, 1.82) is 0 Å². The average Bonchev–Trinajstić information content (AvgIpc) is 2.60. The van der Waals surface area contributed by atoms with Crippen LogP contribution in [0, 0.1) is 13.8 Å². The maximum atomic E-state index is 5.96. The largest absolute Gasteiger partial charge is 0.493 e. The van der Waals surface area contributed by atoms with E-state index in [2.05, 4.69) is 37.4 Å². The summed E-state index contributed by atoms with van der Waals surface area (Å²) in [6, 6.07) is 12.1. The predicted molar refractivity (Wildman–Crippen MR) is 97.3 cm³/mol. The van der Waals surface area contributed by atoms with Crippen LogP contribution >= 0.6 is 0 Å². The van der Waals surface area contributed by atoms with Gasteiger partial charge >= 0.3 is 0 Å². The number of para-hydroxylation sites is 1. The molecule has 0 aliphatic carbocycles. The lowest BCUT2D eigenvalue weighted by Gasteiger charge is -2.16. The van der Waals surface area contributed by atoms with Crippen molar-refractivity contribution in [2.24, 2.45) is 0 Å². The molecule has 2 aromatic carbocycles. The molecule has 0 bridgehead atoms. The van der Waals surface area contributed by atoms with Crippen LogP contribution in [0.25, 0.3) is 0 Å². The molecule has 130 valence electrons. The number of rotatable bonds is 9. The number of benzene rings is 2. The highest BCUT2D eigenvalue weighted by atomic mass is 16.5. The van der Waals surface area contributed by atoms with Crippen LogP contribution in [0.2, 0.25) is 0 Å². The Morgan fingerprint density at radius 2 is 1.75 bits per heavy atom. The lowest BCUT2D eigenvalue weighted by molar-refractivity contribution is 0.209. The molecule has 1 N–H and O–H groups in total. The molecule has 2 aromatic rings. The number of nitrogens with one attached hydrogen (secondary N) is 1. The Morgan fingerprint density at radius 3 is 2.50 bits per heavy atom. The Balaban J connectivity index is 1.97. The summed E-state index contributed by atoms with van der Waals surface area (Å²) in [5.74, 6) is 2.44. The fourth-order valence-corrected chi connectivity index (χ4v) is 2.44. The minimum atomic E-state index is 0.465. The van der Waals surface area contributed by atoms with Crippen molar-refractivity contribution in [3.8, 4) is 17.2 Å². The second-order valence-electron chi connectivity index (χ2n) is 5.69. The summed E-state index contributed by atoms with van der Waals surface area (Å²) in [5.41, 5.74) is 3.41. The Morgan fingerprint density at radius 1 is 0.958 bits per heavy atom. The summed E-state index contributed by atoms with van der Waals surface area (Å²) >= 11 is 0. The van der Waals surface area contributed by atoms with Crippen LogP contribution in [0.1, 0.15) is 23.6 Å². The van der Waals surface area contributed by atoms with Gasteiger partial charge in [-0.3, -0.25) is 0 Å². The molecule has 4 heteroatoms. The Hall–Kier alpha value is -2.20. The zero-order valence-electron chi connectivity index (χ0n) is 15.0.